The first-order valence-corrected chi connectivity index (χ1v) is 12.0. The summed E-state index contributed by atoms with van der Waals surface area (Å²) < 4.78 is 9.43. The third-order valence-electron chi connectivity index (χ3n) is 6.42. The molecule has 1 amide bonds. The van der Waals surface area contributed by atoms with E-state index in [0.29, 0.717) is 33.2 Å². The number of halogens is 1. The summed E-state index contributed by atoms with van der Waals surface area (Å²) >= 11 is 6.21. The molecule has 0 spiro atoms. The van der Waals surface area contributed by atoms with Gasteiger partial charge in [-0.05, 0) is 61.9 Å². The molecule has 1 N–H and O–H groups in total. The van der Waals surface area contributed by atoms with E-state index in [4.69, 9.17) is 16.3 Å². The van der Waals surface area contributed by atoms with E-state index in [1.807, 2.05) is 38.1 Å². The van der Waals surface area contributed by atoms with Crippen LogP contribution in [0, 0.1) is 13.8 Å². The summed E-state index contributed by atoms with van der Waals surface area (Å²) in [5, 5.41) is 3.86. The van der Waals surface area contributed by atoms with Gasteiger partial charge in [0.2, 0.25) is 5.91 Å². The average Bonchev–Trinajstić information content (AvgIpc) is 3.13. The summed E-state index contributed by atoms with van der Waals surface area (Å²) in [6.45, 7) is 3.52. The van der Waals surface area contributed by atoms with E-state index in [2.05, 4.69) is 5.32 Å². The highest BCUT2D eigenvalue weighted by Gasteiger charge is 2.22. The number of fused-ring (bicyclic) bond motifs is 3. The third-order valence-corrected chi connectivity index (χ3v) is 6.72. The molecule has 0 aliphatic carbocycles. The monoisotopic (exact) mass is 516 g/mol. The lowest BCUT2D eigenvalue weighted by Gasteiger charge is -2.14. The third kappa shape index (κ3) is 4.19. The summed E-state index contributed by atoms with van der Waals surface area (Å²) in [6.07, 6.45) is 0. The van der Waals surface area contributed by atoms with Crippen molar-refractivity contribution in [2.24, 2.45) is 7.05 Å². The normalized spacial score (nSPS) is 11.3. The maximum atomic E-state index is 13.9. The van der Waals surface area contributed by atoms with Gasteiger partial charge in [-0.1, -0.05) is 35.4 Å². The quantitative estimate of drug-likeness (QED) is 0.371. The lowest BCUT2D eigenvalue weighted by Crippen LogP contribution is -2.41. The fourth-order valence-corrected chi connectivity index (χ4v) is 4.95. The number of hydrogen-bond acceptors (Lipinski definition) is 4. The van der Waals surface area contributed by atoms with E-state index in [1.165, 1.54) is 11.7 Å². The lowest BCUT2D eigenvalue weighted by molar-refractivity contribution is -0.116. The molecule has 0 saturated carbocycles. The molecule has 2 heterocycles. The number of carbonyl (C=O) groups is 1. The van der Waals surface area contributed by atoms with Crippen LogP contribution in [0.4, 0.5) is 5.69 Å². The number of aryl methyl sites for hydroxylation is 3. The number of aromatic nitrogens is 3. The Morgan fingerprint density at radius 2 is 1.73 bits per heavy atom. The second-order valence-electron chi connectivity index (χ2n) is 9.02. The van der Waals surface area contributed by atoms with Crippen molar-refractivity contribution in [2.75, 3.05) is 12.4 Å². The summed E-state index contributed by atoms with van der Waals surface area (Å²) in [7, 11) is 3.29. The predicted molar refractivity (Wildman–Crippen MR) is 146 cm³/mol. The van der Waals surface area contributed by atoms with Crippen LogP contribution in [0.15, 0.2) is 70.3 Å². The molecule has 8 nitrogen and oxygen atoms in total. The Bertz CT molecular complexity index is 1830. The van der Waals surface area contributed by atoms with Crippen molar-refractivity contribution in [2.45, 2.75) is 20.4 Å². The van der Waals surface area contributed by atoms with Gasteiger partial charge in [-0.2, -0.15) is 0 Å². The van der Waals surface area contributed by atoms with E-state index < -0.39 is 17.2 Å². The van der Waals surface area contributed by atoms with Crippen molar-refractivity contribution in [3.8, 4) is 11.4 Å². The maximum Gasteiger partial charge on any atom is 0.336 e. The van der Waals surface area contributed by atoms with Crippen molar-refractivity contribution < 1.29 is 9.53 Å². The van der Waals surface area contributed by atoms with Gasteiger partial charge in [0.1, 0.15) is 17.8 Å². The molecule has 0 radical (unpaired) electrons. The number of carbonyl (C=O) groups excluding carboxylic acids is 1. The van der Waals surface area contributed by atoms with Gasteiger partial charge < -0.3 is 14.6 Å². The topological polar surface area (TPSA) is 87.3 Å². The number of amides is 1. The highest BCUT2D eigenvalue weighted by molar-refractivity contribution is 6.32. The van der Waals surface area contributed by atoms with Gasteiger partial charge >= 0.3 is 5.69 Å². The second-order valence-corrected chi connectivity index (χ2v) is 9.43. The molecular weight excluding hydrogens is 492 g/mol. The van der Waals surface area contributed by atoms with Gasteiger partial charge in [-0.15, -0.1) is 0 Å². The van der Waals surface area contributed by atoms with Crippen molar-refractivity contribution in [3.05, 3.63) is 97.7 Å². The van der Waals surface area contributed by atoms with Gasteiger partial charge in [0.05, 0.1) is 28.9 Å². The number of nitrogens with one attached hydrogen (secondary N) is 1. The summed E-state index contributed by atoms with van der Waals surface area (Å²) in [5.74, 6) is 0.0395. The molecule has 0 aliphatic rings. The molecule has 5 rings (SSSR count). The summed E-state index contributed by atoms with van der Waals surface area (Å²) in [4.78, 5) is 40.8. The molecular formula is C28H25ClN4O4. The van der Waals surface area contributed by atoms with Gasteiger partial charge in [0, 0.05) is 18.1 Å². The van der Waals surface area contributed by atoms with Crippen LogP contribution in [-0.2, 0) is 18.4 Å². The van der Waals surface area contributed by atoms with Gasteiger partial charge in [-0.3, -0.25) is 14.2 Å². The van der Waals surface area contributed by atoms with Crippen LogP contribution >= 0.6 is 11.6 Å². The molecule has 3 aromatic carbocycles. The standard InChI is InChI=1S/C28H25ClN4O4/c1-16-6-5-7-19(12-16)33-27(35)26-25(20-13-17(2)8-10-22(20)31(26)3)32(28(33)36)15-24(34)30-18-9-11-23(37-4)21(29)14-18/h5-14H,15H2,1-4H3,(H,30,34). The smallest absolute Gasteiger partial charge is 0.336 e. The van der Waals surface area contributed by atoms with Crippen LogP contribution in [-0.4, -0.2) is 26.7 Å². The molecule has 0 unspecified atom stereocenters. The zero-order chi connectivity index (χ0) is 26.4. The molecule has 0 saturated heterocycles. The molecule has 2 aromatic heterocycles. The number of methoxy groups -OCH3 is 1. The molecule has 188 valence electrons. The first kappa shape index (κ1) is 24.4. The number of ether oxygens (including phenoxy) is 1. The lowest BCUT2D eigenvalue weighted by atomic mass is 10.1. The molecule has 5 aromatic rings. The first-order valence-electron chi connectivity index (χ1n) is 11.6. The van der Waals surface area contributed by atoms with Crippen LogP contribution in [0.5, 0.6) is 5.75 Å². The summed E-state index contributed by atoms with van der Waals surface area (Å²) in [5.41, 5.74) is 3.27. The van der Waals surface area contributed by atoms with Crippen LogP contribution in [0.25, 0.3) is 27.6 Å². The highest BCUT2D eigenvalue weighted by Crippen LogP contribution is 2.28. The number of benzene rings is 3. The van der Waals surface area contributed by atoms with Gasteiger partial charge in [0.25, 0.3) is 5.56 Å². The van der Waals surface area contributed by atoms with Crippen molar-refractivity contribution in [3.63, 3.8) is 0 Å². The predicted octanol–water partition coefficient (Wildman–Crippen LogP) is 4.56. The summed E-state index contributed by atoms with van der Waals surface area (Å²) in [6, 6.07) is 17.8. The average molecular weight is 517 g/mol. The Labute approximate surface area is 217 Å². The fraction of sp³-hybridized carbons (Fsp3) is 0.179. The van der Waals surface area contributed by atoms with Crippen LogP contribution in [0.2, 0.25) is 5.02 Å². The molecule has 0 bridgehead atoms. The van der Waals surface area contributed by atoms with Crippen molar-refractivity contribution in [1.29, 1.82) is 0 Å². The fourth-order valence-electron chi connectivity index (χ4n) is 4.70. The second kappa shape index (κ2) is 9.29. The maximum absolute atomic E-state index is 13.9. The van der Waals surface area contributed by atoms with E-state index in [9.17, 15) is 14.4 Å². The minimum atomic E-state index is -0.597. The highest BCUT2D eigenvalue weighted by atomic mass is 35.5. The minimum Gasteiger partial charge on any atom is -0.495 e. The van der Waals surface area contributed by atoms with Crippen molar-refractivity contribution in [1.82, 2.24) is 13.7 Å². The number of hydrogen-bond donors (Lipinski definition) is 1. The van der Waals surface area contributed by atoms with Gasteiger partial charge in [-0.25, -0.2) is 9.36 Å². The van der Waals surface area contributed by atoms with Crippen LogP contribution in [0.3, 0.4) is 0 Å². The van der Waals surface area contributed by atoms with E-state index in [1.54, 1.807) is 48.0 Å². The molecule has 0 atom stereocenters. The number of anilines is 1. The Morgan fingerprint density at radius 1 is 0.973 bits per heavy atom. The Kier molecular flexibility index (Phi) is 6.13. The van der Waals surface area contributed by atoms with Crippen LogP contribution < -0.4 is 21.3 Å². The Morgan fingerprint density at radius 3 is 2.43 bits per heavy atom. The molecule has 9 heteroatoms. The Balaban J connectivity index is 1.73. The molecule has 0 aliphatic heterocycles. The van der Waals surface area contributed by atoms with E-state index in [0.717, 1.165) is 26.6 Å². The molecule has 0 fully saturated rings. The van der Waals surface area contributed by atoms with E-state index >= 15 is 0 Å². The number of nitrogens with zero attached hydrogens (tertiary/aromatic N) is 3. The minimum absolute atomic E-state index is 0.307. The van der Waals surface area contributed by atoms with Crippen LogP contribution in [0.1, 0.15) is 11.1 Å². The van der Waals surface area contributed by atoms with Crippen molar-refractivity contribution >= 4 is 45.1 Å². The largest absolute Gasteiger partial charge is 0.495 e. The van der Waals surface area contributed by atoms with E-state index in [-0.39, 0.29) is 6.54 Å². The van der Waals surface area contributed by atoms with Gasteiger partial charge in [0.15, 0.2) is 0 Å². The zero-order valence-corrected chi connectivity index (χ0v) is 21.6. The Hall–Kier alpha value is -4.30. The SMILES string of the molecule is COc1ccc(NC(=O)Cn2c(=O)n(-c3cccc(C)c3)c(=O)c3c2c2cc(C)ccc2n3C)cc1Cl. The first-order chi connectivity index (χ1) is 17.7. The number of rotatable bonds is 5. The molecule has 37 heavy (non-hydrogen) atoms. The zero-order valence-electron chi connectivity index (χ0n) is 20.8.